The van der Waals surface area contributed by atoms with Crippen molar-refractivity contribution in [3.63, 3.8) is 0 Å². The van der Waals surface area contributed by atoms with E-state index >= 15 is 0 Å². The van der Waals surface area contributed by atoms with Crippen molar-refractivity contribution < 1.29 is 0 Å². The van der Waals surface area contributed by atoms with Gasteiger partial charge in [0.05, 0.1) is 0 Å². The predicted molar refractivity (Wildman–Crippen MR) is 43.0 cm³/mol. The summed E-state index contributed by atoms with van der Waals surface area (Å²) in [6.07, 6.45) is 3.50. The van der Waals surface area contributed by atoms with Gasteiger partial charge in [0.1, 0.15) is 7.85 Å². The largest absolute Gasteiger partial charge is 0.265 e. The fourth-order valence-corrected chi connectivity index (χ4v) is 0.313. The molecule has 0 aromatic carbocycles. The molecule has 0 fully saturated rings. The maximum Gasteiger partial charge on any atom is 0.128 e. The predicted octanol–water partition coefficient (Wildman–Crippen LogP) is 0.845. The summed E-state index contributed by atoms with van der Waals surface area (Å²) in [6.45, 7) is 3.36. The zero-order valence-corrected chi connectivity index (χ0v) is 5.62. The summed E-state index contributed by atoms with van der Waals surface area (Å²) in [5.74, 6) is 1.75. The highest BCUT2D eigenvalue weighted by Crippen LogP contribution is 1.73. The quantitative estimate of drug-likeness (QED) is 0.461. The molecule has 0 radical (unpaired) electrons. The lowest BCUT2D eigenvalue weighted by Gasteiger charge is -1.70. The Hall–Kier alpha value is -1.05. The monoisotopic (exact) mass is 119 g/mol. The van der Waals surface area contributed by atoms with Crippen molar-refractivity contribution >= 4 is 7.85 Å². The van der Waals surface area contributed by atoms with Crippen LogP contribution in [0, 0.1) is 0 Å². The third kappa shape index (κ3) is 6.95. The highest BCUT2D eigenvalue weighted by molar-refractivity contribution is 6.16. The molecule has 0 spiro atoms. The number of nitrogens with zero attached hydrogens (tertiary/aromatic N) is 1. The van der Waals surface area contributed by atoms with Crippen LogP contribution in [0.3, 0.4) is 0 Å². The molecule has 0 aliphatic rings. The molecule has 0 amide bonds. The summed E-state index contributed by atoms with van der Waals surface area (Å²) in [7, 11) is 1.89. The molecule has 46 valence electrons. The van der Waals surface area contributed by atoms with Crippen LogP contribution < -0.4 is 0 Å². The summed E-state index contributed by atoms with van der Waals surface area (Å²) < 4.78 is 0. The summed E-state index contributed by atoms with van der Waals surface area (Å²) >= 11 is 0. The number of aromatic nitrogens is 1. The lowest BCUT2D eigenvalue weighted by Crippen LogP contribution is -1.58. The number of pyridine rings is 1. The zero-order valence-electron chi connectivity index (χ0n) is 5.62. The normalized spacial score (nSPS) is 6.67. The van der Waals surface area contributed by atoms with E-state index in [0.717, 1.165) is 0 Å². The van der Waals surface area contributed by atoms with Gasteiger partial charge in [-0.15, -0.1) is 12.6 Å². The van der Waals surface area contributed by atoms with Gasteiger partial charge in [-0.1, -0.05) is 6.07 Å². The van der Waals surface area contributed by atoms with Crippen molar-refractivity contribution in [1.82, 2.24) is 4.98 Å². The van der Waals surface area contributed by atoms with Crippen molar-refractivity contribution in [2.45, 2.75) is 0 Å². The Morgan fingerprint density at radius 3 is 1.78 bits per heavy atom. The van der Waals surface area contributed by atoms with Gasteiger partial charge in [-0.25, -0.2) is 0 Å². The second-order valence-electron chi connectivity index (χ2n) is 1.43. The van der Waals surface area contributed by atoms with Crippen LogP contribution in [0.1, 0.15) is 0 Å². The number of hydrogen-bond donors (Lipinski definition) is 0. The van der Waals surface area contributed by atoms with Crippen LogP contribution in [0.25, 0.3) is 0 Å². The summed E-state index contributed by atoms with van der Waals surface area (Å²) in [6, 6.07) is 5.72. The average Bonchev–Trinajstić information content (AvgIpc) is 1.93. The summed E-state index contributed by atoms with van der Waals surface area (Å²) in [5.41, 5.74) is 0. The highest BCUT2D eigenvalue weighted by Gasteiger charge is 1.58. The minimum atomic E-state index is 1.75. The fraction of sp³-hybridized carbons (Fsp3) is 0. The minimum Gasteiger partial charge on any atom is -0.265 e. The number of rotatable bonds is 0. The van der Waals surface area contributed by atoms with E-state index in [1.807, 2.05) is 26.0 Å². The molecule has 9 heavy (non-hydrogen) atoms. The van der Waals surface area contributed by atoms with Crippen LogP contribution in [-0.2, 0) is 0 Å². The molecular weight excluding hydrogens is 109 g/mol. The highest BCUT2D eigenvalue weighted by atomic mass is 14.6. The lowest BCUT2D eigenvalue weighted by atomic mass is 10.2. The molecule has 0 saturated carbocycles. The van der Waals surface area contributed by atoms with E-state index in [9.17, 15) is 0 Å². The van der Waals surface area contributed by atoms with Gasteiger partial charge in [-0.2, -0.15) is 0 Å². The van der Waals surface area contributed by atoms with Crippen molar-refractivity contribution in [2.75, 3.05) is 0 Å². The van der Waals surface area contributed by atoms with Crippen LogP contribution in [-0.4, -0.2) is 12.8 Å². The van der Waals surface area contributed by atoms with Gasteiger partial charge < -0.3 is 0 Å². The van der Waals surface area contributed by atoms with Crippen molar-refractivity contribution in [3.05, 3.63) is 43.1 Å². The first-order valence-electron chi connectivity index (χ1n) is 2.84. The third-order valence-corrected chi connectivity index (χ3v) is 0.566. The Morgan fingerprint density at radius 1 is 1.22 bits per heavy atom. The number of hydrogen-bond acceptors (Lipinski definition) is 1. The average molecular weight is 119 g/mol. The van der Waals surface area contributed by atoms with Gasteiger partial charge in [-0.05, 0) is 12.1 Å². The van der Waals surface area contributed by atoms with Crippen LogP contribution in [0.2, 0.25) is 0 Å². The zero-order chi connectivity index (χ0) is 6.95. The second kappa shape index (κ2) is 6.95. The SMILES string of the molecule is BC=C.c1ccncc1. The van der Waals surface area contributed by atoms with Gasteiger partial charge in [0.2, 0.25) is 0 Å². The molecular formula is C7H10BN. The van der Waals surface area contributed by atoms with Gasteiger partial charge in [0.25, 0.3) is 0 Å². The standard InChI is InChI=1S/C5H5N.C2H5B/c1-2-4-6-5-3-1;1-2-3/h1-5H;2H,1,3H2. The van der Waals surface area contributed by atoms with Crippen molar-refractivity contribution in [2.24, 2.45) is 0 Å². The molecule has 0 N–H and O–H groups in total. The van der Waals surface area contributed by atoms with Crippen molar-refractivity contribution in [3.8, 4) is 0 Å². The molecule has 1 heterocycles. The van der Waals surface area contributed by atoms with Gasteiger partial charge in [-0.3, -0.25) is 4.98 Å². The molecule has 0 saturated heterocycles. The maximum atomic E-state index is 3.78. The molecule has 1 rings (SSSR count). The molecule has 0 aliphatic heterocycles. The van der Waals surface area contributed by atoms with Gasteiger partial charge in [0, 0.05) is 12.4 Å². The molecule has 1 nitrogen and oxygen atoms in total. The smallest absolute Gasteiger partial charge is 0.128 e. The van der Waals surface area contributed by atoms with E-state index in [-0.39, 0.29) is 0 Å². The Labute approximate surface area is 56.8 Å². The first kappa shape index (κ1) is 7.95. The van der Waals surface area contributed by atoms with E-state index in [1.54, 1.807) is 18.4 Å². The molecule has 0 atom stereocenters. The molecule has 0 bridgehead atoms. The van der Waals surface area contributed by atoms with E-state index in [1.165, 1.54) is 0 Å². The Kier molecular flexibility index (Phi) is 6.15. The van der Waals surface area contributed by atoms with Crippen molar-refractivity contribution in [1.29, 1.82) is 0 Å². The molecule has 2 heteroatoms. The summed E-state index contributed by atoms with van der Waals surface area (Å²) in [5, 5.41) is 0. The van der Waals surface area contributed by atoms with E-state index < -0.39 is 0 Å². The molecule has 1 aromatic rings. The van der Waals surface area contributed by atoms with Gasteiger partial charge in [0.15, 0.2) is 0 Å². The summed E-state index contributed by atoms with van der Waals surface area (Å²) in [4.78, 5) is 3.78. The molecule has 0 unspecified atom stereocenters. The van der Waals surface area contributed by atoms with Crippen LogP contribution in [0.4, 0.5) is 0 Å². The first-order valence-corrected chi connectivity index (χ1v) is 2.84. The first-order chi connectivity index (χ1) is 4.41. The van der Waals surface area contributed by atoms with Gasteiger partial charge >= 0.3 is 0 Å². The second-order valence-corrected chi connectivity index (χ2v) is 1.43. The molecule has 1 aromatic heterocycles. The lowest BCUT2D eigenvalue weighted by molar-refractivity contribution is 1.33. The molecule has 0 aliphatic carbocycles. The minimum absolute atomic E-state index is 1.75. The van der Waals surface area contributed by atoms with E-state index in [0.29, 0.717) is 0 Å². The van der Waals surface area contributed by atoms with E-state index in [2.05, 4.69) is 11.6 Å². The third-order valence-electron chi connectivity index (χ3n) is 0.566. The Morgan fingerprint density at radius 2 is 1.67 bits per heavy atom. The maximum absolute atomic E-state index is 3.78. The van der Waals surface area contributed by atoms with Crippen LogP contribution in [0.5, 0.6) is 0 Å². The van der Waals surface area contributed by atoms with Crippen LogP contribution in [0.15, 0.2) is 43.1 Å². The Balaban J connectivity index is 0.000000187. The topological polar surface area (TPSA) is 12.9 Å². The Bertz CT molecular complexity index is 112. The van der Waals surface area contributed by atoms with Crippen LogP contribution >= 0.6 is 0 Å². The fourth-order valence-electron chi connectivity index (χ4n) is 0.313. The van der Waals surface area contributed by atoms with E-state index in [4.69, 9.17) is 0 Å².